The highest BCUT2D eigenvalue weighted by atomic mass is 32.2. The first kappa shape index (κ1) is 21.1. The first-order valence-corrected chi connectivity index (χ1v) is 10.7. The third-order valence-corrected chi connectivity index (χ3v) is 6.20. The van der Waals surface area contributed by atoms with E-state index in [1.165, 1.54) is 13.2 Å². The van der Waals surface area contributed by atoms with Gasteiger partial charge in [-0.15, -0.1) is 0 Å². The Morgan fingerprint density at radius 1 is 1.21 bits per heavy atom. The Bertz CT molecular complexity index is 971. The summed E-state index contributed by atoms with van der Waals surface area (Å²) in [5.74, 6) is -0.687. The maximum atomic E-state index is 13.5. The van der Waals surface area contributed by atoms with Gasteiger partial charge in [0.05, 0.1) is 19.6 Å². The summed E-state index contributed by atoms with van der Waals surface area (Å²) in [6.07, 6.45) is 1.01. The van der Waals surface area contributed by atoms with E-state index in [1.807, 2.05) is 0 Å². The van der Waals surface area contributed by atoms with Crippen LogP contribution in [-0.4, -0.2) is 50.6 Å². The number of nitrogens with zero attached hydrogens (tertiary/aromatic N) is 1. The Balaban J connectivity index is 1.67. The zero-order chi connectivity index (χ0) is 21.0. The summed E-state index contributed by atoms with van der Waals surface area (Å²) < 4.78 is 46.1. The molecule has 3 rings (SSSR count). The van der Waals surface area contributed by atoms with E-state index in [-0.39, 0.29) is 34.8 Å². The highest BCUT2D eigenvalue weighted by Gasteiger charge is 2.22. The van der Waals surface area contributed by atoms with Gasteiger partial charge in [0.15, 0.2) is 0 Å². The quantitative estimate of drug-likeness (QED) is 0.744. The van der Waals surface area contributed by atoms with Crippen molar-refractivity contribution in [1.29, 1.82) is 0 Å². The molecule has 0 radical (unpaired) electrons. The lowest BCUT2D eigenvalue weighted by Gasteiger charge is -2.29. The molecule has 7 nitrogen and oxygen atoms in total. The Kier molecular flexibility index (Phi) is 6.39. The molecule has 0 atom stereocenters. The molecule has 2 aromatic rings. The molecule has 29 heavy (non-hydrogen) atoms. The molecule has 0 aromatic heterocycles. The smallest absolute Gasteiger partial charge is 0.265 e. The number of likely N-dealkylation sites (tertiary alicyclic amines) is 1. The number of ether oxygens (including phenoxy) is 1. The predicted molar refractivity (Wildman–Crippen MR) is 106 cm³/mol. The minimum Gasteiger partial charge on any atom is -0.495 e. The first-order valence-electron chi connectivity index (χ1n) is 9.19. The van der Waals surface area contributed by atoms with E-state index in [0.717, 1.165) is 17.7 Å². The first-order chi connectivity index (χ1) is 13.8. The van der Waals surface area contributed by atoms with E-state index >= 15 is 0 Å². The number of anilines is 1. The van der Waals surface area contributed by atoms with Gasteiger partial charge in [0.1, 0.15) is 16.5 Å². The zero-order valence-electron chi connectivity index (χ0n) is 16.0. The normalized spacial score (nSPS) is 15.2. The fourth-order valence-corrected chi connectivity index (χ4v) is 4.40. The Hall–Kier alpha value is -2.65. The summed E-state index contributed by atoms with van der Waals surface area (Å²) in [7, 11) is -2.74. The van der Waals surface area contributed by atoms with Crippen LogP contribution in [-0.2, 0) is 21.2 Å². The van der Waals surface area contributed by atoms with Gasteiger partial charge >= 0.3 is 0 Å². The number of halogens is 1. The number of aliphatic hydroxyl groups is 1. The number of aliphatic hydroxyl groups excluding tert-OH is 1. The highest BCUT2D eigenvalue weighted by molar-refractivity contribution is 7.92. The molecule has 2 N–H and O–H groups in total. The fraction of sp³-hybridized carbons (Fsp3) is 0.350. The molecular formula is C20H23FN2O5S. The Labute approximate surface area is 169 Å². The van der Waals surface area contributed by atoms with Crippen molar-refractivity contribution in [3.05, 3.63) is 53.8 Å². The van der Waals surface area contributed by atoms with E-state index in [4.69, 9.17) is 4.74 Å². The van der Waals surface area contributed by atoms with Crippen molar-refractivity contribution in [2.75, 3.05) is 24.9 Å². The monoisotopic (exact) mass is 422 g/mol. The van der Waals surface area contributed by atoms with E-state index in [9.17, 15) is 22.7 Å². The Morgan fingerprint density at radius 2 is 1.86 bits per heavy atom. The van der Waals surface area contributed by atoms with E-state index < -0.39 is 15.8 Å². The van der Waals surface area contributed by atoms with Crippen LogP contribution in [0.5, 0.6) is 5.75 Å². The number of amides is 1. The molecule has 0 aliphatic carbocycles. The molecule has 0 unspecified atom stereocenters. The van der Waals surface area contributed by atoms with Crippen LogP contribution in [0.15, 0.2) is 47.4 Å². The largest absolute Gasteiger partial charge is 0.495 e. The van der Waals surface area contributed by atoms with Gasteiger partial charge in [-0.2, -0.15) is 0 Å². The second-order valence-corrected chi connectivity index (χ2v) is 8.54. The molecule has 0 spiro atoms. The topological polar surface area (TPSA) is 95.9 Å². The zero-order valence-corrected chi connectivity index (χ0v) is 16.8. The number of rotatable bonds is 6. The van der Waals surface area contributed by atoms with Gasteiger partial charge in [-0.1, -0.05) is 12.1 Å². The minimum absolute atomic E-state index is 0.0327. The number of methoxy groups -OCH3 is 1. The predicted octanol–water partition coefficient (Wildman–Crippen LogP) is 2.16. The van der Waals surface area contributed by atoms with Crippen molar-refractivity contribution in [3.8, 4) is 5.75 Å². The fourth-order valence-electron chi connectivity index (χ4n) is 3.16. The third kappa shape index (κ3) is 5.24. The third-order valence-electron chi connectivity index (χ3n) is 4.79. The van der Waals surface area contributed by atoms with Crippen LogP contribution in [0.1, 0.15) is 18.4 Å². The van der Waals surface area contributed by atoms with Gasteiger partial charge in [-0.25, -0.2) is 12.8 Å². The molecule has 2 aromatic carbocycles. The molecular weight excluding hydrogens is 399 g/mol. The van der Waals surface area contributed by atoms with Crippen LogP contribution in [0.3, 0.4) is 0 Å². The van der Waals surface area contributed by atoms with Gasteiger partial charge in [0.25, 0.3) is 10.0 Å². The maximum absolute atomic E-state index is 13.5. The lowest BCUT2D eigenvalue weighted by atomic mass is 10.1. The molecule has 1 saturated heterocycles. The molecule has 0 bridgehead atoms. The van der Waals surface area contributed by atoms with Crippen molar-refractivity contribution < 1.29 is 27.4 Å². The van der Waals surface area contributed by atoms with Crippen LogP contribution >= 0.6 is 0 Å². The lowest BCUT2D eigenvalue weighted by Crippen LogP contribution is -2.40. The van der Waals surface area contributed by atoms with Crippen molar-refractivity contribution in [2.45, 2.75) is 30.3 Å². The Morgan fingerprint density at radius 3 is 2.48 bits per heavy atom. The maximum Gasteiger partial charge on any atom is 0.265 e. The summed E-state index contributed by atoms with van der Waals surface area (Å²) in [5.41, 5.74) is 1.03. The van der Waals surface area contributed by atoms with Gasteiger partial charge < -0.3 is 14.7 Å². The molecule has 9 heteroatoms. The molecule has 1 fully saturated rings. The van der Waals surface area contributed by atoms with Crippen LogP contribution < -0.4 is 9.46 Å². The van der Waals surface area contributed by atoms with Crippen LogP contribution in [0.4, 0.5) is 10.1 Å². The number of carbonyl (C=O) groups excluding carboxylic acids is 1. The number of hydrogen-bond donors (Lipinski definition) is 2. The second-order valence-electron chi connectivity index (χ2n) is 6.89. The van der Waals surface area contributed by atoms with Crippen molar-refractivity contribution in [1.82, 2.24) is 4.90 Å². The number of benzene rings is 2. The summed E-state index contributed by atoms with van der Waals surface area (Å²) in [6, 6.07) is 9.68. The number of piperidine rings is 1. The van der Waals surface area contributed by atoms with Gasteiger partial charge in [0, 0.05) is 18.8 Å². The molecule has 0 saturated carbocycles. The molecule has 156 valence electrons. The summed E-state index contributed by atoms with van der Waals surface area (Å²) >= 11 is 0. The van der Waals surface area contributed by atoms with Gasteiger partial charge in [-0.3, -0.25) is 9.52 Å². The van der Waals surface area contributed by atoms with E-state index in [1.54, 1.807) is 29.2 Å². The van der Waals surface area contributed by atoms with Crippen LogP contribution in [0.2, 0.25) is 0 Å². The number of sulfonamides is 1. The van der Waals surface area contributed by atoms with Crippen molar-refractivity contribution >= 4 is 21.6 Å². The average Bonchev–Trinajstić information content (AvgIpc) is 2.69. The standard InChI is InChI=1S/C20H23FN2O5S/c1-28-18-7-4-15(21)13-19(18)29(26,27)22-16-5-2-14(3-6-16)12-20(25)23-10-8-17(24)9-11-23/h2-7,13,17,22,24H,8-12H2,1H3. The number of carbonyl (C=O) groups is 1. The summed E-state index contributed by atoms with van der Waals surface area (Å²) in [5, 5.41) is 9.53. The van der Waals surface area contributed by atoms with Crippen LogP contribution in [0.25, 0.3) is 0 Å². The average molecular weight is 422 g/mol. The van der Waals surface area contributed by atoms with E-state index in [0.29, 0.717) is 25.9 Å². The lowest BCUT2D eigenvalue weighted by molar-refractivity contribution is -0.132. The molecule has 1 amide bonds. The number of nitrogens with one attached hydrogen (secondary N) is 1. The SMILES string of the molecule is COc1ccc(F)cc1S(=O)(=O)Nc1ccc(CC(=O)N2CCC(O)CC2)cc1. The summed E-state index contributed by atoms with van der Waals surface area (Å²) in [4.78, 5) is 13.8. The van der Waals surface area contributed by atoms with Gasteiger partial charge in [-0.05, 0) is 48.7 Å². The molecule has 1 aliphatic rings. The van der Waals surface area contributed by atoms with Crippen molar-refractivity contribution in [2.24, 2.45) is 0 Å². The van der Waals surface area contributed by atoms with Crippen molar-refractivity contribution in [3.63, 3.8) is 0 Å². The second kappa shape index (κ2) is 8.79. The summed E-state index contributed by atoms with van der Waals surface area (Å²) in [6.45, 7) is 1.07. The molecule has 1 aliphatic heterocycles. The van der Waals surface area contributed by atoms with Gasteiger partial charge in [0.2, 0.25) is 5.91 Å². The highest BCUT2D eigenvalue weighted by Crippen LogP contribution is 2.26. The number of hydrogen-bond acceptors (Lipinski definition) is 5. The van der Waals surface area contributed by atoms with E-state index in [2.05, 4.69) is 4.72 Å². The minimum atomic E-state index is -4.05. The van der Waals surface area contributed by atoms with Crippen LogP contribution in [0, 0.1) is 5.82 Å². The molecule has 1 heterocycles.